The van der Waals surface area contributed by atoms with Crippen molar-refractivity contribution in [3.05, 3.63) is 102 Å². The lowest BCUT2D eigenvalue weighted by Crippen LogP contribution is -2.12. The average Bonchev–Trinajstić information content (AvgIpc) is 3.36. The van der Waals surface area contributed by atoms with Crippen molar-refractivity contribution < 1.29 is 0 Å². The lowest BCUT2D eigenvalue weighted by Gasteiger charge is -2.06. The Hall–Kier alpha value is -3.25. The van der Waals surface area contributed by atoms with E-state index in [0.29, 0.717) is 0 Å². The summed E-state index contributed by atoms with van der Waals surface area (Å²) in [5.41, 5.74) is 4.92. The molecule has 4 rings (SSSR count). The van der Waals surface area contributed by atoms with Crippen molar-refractivity contribution in [2.24, 2.45) is 0 Å². The molecule has 2 aromatic heterocycles. The summed E-state index contributed by atoms with van der Waals surface area (Å²) in [5.74, 6) is 0. The van der Waals surface area contributed by atoms with Crippen molar-refractivity contribution in [3.63, 3.8) is 0 Å². The minimum atomic E-state index is 0.744. The lowest BCUT2D eigenvalue weighted by molar-refractivity contribution is 0.675. The Labute approximate surface area is 158 Å². The molecule has 6 heteroatoms. The van der Waals surface area contributed by atoms with Crippen LogP contribution in [0.3, 0.4) is 0 Å². The number of rotatable bonds is 8. The van der Waals surface area contributed by atoms with E-state index in [1.807, 2.05) is 21.6 Å². The van der Waals surface area contributed by atoms with E-state index in [2.05, 4.69) is 75.2 Å². The average molecular weight is 358 g/mol. The molecule has 0 fully saturated rings. The smallest absolute Gasteiger partial charge is 0.137 e. The summed E-state index contributed by atoms with van der Waals surface area (Å²) in [4.78, 5) is 3.97. The van der Waals surface area contributed by atoms with Crippen molar-refractivity contribution >= 4 is 0 Å². The molecule has 0 unspecified atom stereocenters. The highest BCUT2D eigenvalue weighted by Gasteiger charge is 2.01. The Morgan fingerprint density at radius 3 is 2.19 bits per heavy atom. The zero-order valence-electron chi connectivity index (χ0n) is 15.1. The largest absolute Gasteiger partial charge is 0.309 e. The molecule has 6 nitrogen and oxygen atoms in total. The van der Waals surface area contributed by atoms with E-state index >= 15 is 0 Å². The van der Waals surface area contributed by atoms with Gasteiger partial charge in [-0.1, -0.05) is 54.6 Å². The molecule has 136 valence electrons. The maximum Gasteiger partial charge on any atom is 0.137 e. The van der Waals surface area contributed by atoms with Gasteiger partial charge in [0.15, 0.2) is 0 Å². The maximum absolute atomic E-state index is 4.45. The van der Waals surface area contributed by atoms with Crippen LogP contribution in [-0.4, -0.2) is 24.5 Å². The molecule has 0 atom stereocenters. The molecular weight excluding hydrogens is 336 g/mol. The fourth-order valence-corrected chi connectivity index (χ4v) is 2.97. The molecule has 27 heavy (non-hydrogen) atoms. The van der Waals surface area contributed by atoms with Crippen LogP contribution < -0.4 is 5.32 Å². The molecule has 2 heterocycles. The van der Waals surface area contributed by atoms with Crippen molar-refractivity contribution in [2.75, 3.05) is 0 Å². The Morgan fingerprint density at radius 2 is 1.41 bits per heavy atom. The molecule has 0 amide bonds. The van der Waals surface area contributed by atoms with Crippen LogP contribution in [0.4, 0.5) is 0 Å². The predicted octanol–water partition coefficient (Wildman–Crippen LogP) is 2.86. The second-order valence-electron chi connectivity index (χ2n) is 6.54. The highest BCUT2D eigenvalue weighted by Crippen LogP contribution is 2.07. The minimum absolute atomic E-state index is 0.744. The summed E-state index contributed by atoms with van der Waals surface area (Å²) in [6, 6.07) is 18.9. The third-order valence-corrected chi connectivity index (χ3v) is 4.37. The van der Waals surface area contributed by atoms with Gasteiger partial charge in [0, 0.05) is 24.8 Å². The maximum atomic E-state index is 4.45. The van der Waals surface area contributed by atoms with Crippen LogP contribution in [0.1, 0.15) is 22.3 Å². The molecule has 0 saturated carbocycles. The van der Waals surface area contributed by atoms with E-state index in [1.165, 1.54) is 22.3 Å². The van der Waals surface area contributed by atoms with E-state index in [1.54, 1.807) is 12.7 Å². The number of hydrogen-bond donors (Lipinski definition) is 1. The van der Waals surface area contributed by atoms with Gasteiger partial charge < -0.3 is 5.32 Å². The van der Waals surface area contributed by atoms with Crippen LogP contribution in [0.25, 0.3) is 0 Å². The second kappa shape index (κ2) is 8.42. The van der Waals surface area contributed by atoms with Crippen LogP contribution in [0, 0.1) is 0 Å². The van der Waals surface area contributed by atoms with Crippen LogP contribution in [0.2, 0.25) is 0 Å². The summed E-state index contributed by atoms with van der Waals surface area (Å²) in [5, 5.41) is 12.1. The summed E-state index contributed by atoms with van der Waals surface area (Å²) in [6.07, 6.45) is 7.31. The molecule has 0 aliphatic heterocycles. The summed E-state index contributed by atoms with van der Waals surface area (Å²) < 4.78 is 3.80. The van der Waals surface area contributed by atoms with Gasteiger partial charge in [0.2, 0.25) is 0 Å². The van der Waals surface area contributed by atoms with Gasteiger partial charge in [0.25, 0.3) is 0 Å². The van der Waals surface area contributed by atoms with Crippen molar-refractivity contribution in [2.45, 2.75) is 26.2 Å². The fraction of sp³-hybridized carbons (Fsp3) is 0.190. The number of aromatic nitrogens is 5. The van der Waals surface area contributed by atoms with E-state index < -0.39 is 0 Å². The molecule has 0 aliphatic carbocycles. The molecule has 0 spiro atoms. The van der Waals surface area contributed by atoms with E-state index in [-0.39, 0.29) is 0 Å². The van der Waals surface area contributed by atoms with E-state index in [9.17, 15) is 0 Å². The molecular formula is C21H22N6. The topological polar surface area (TPSA) is 60.6 Å². The SMILES string of the molecule is c1ccc(Cn2cc(CNCc3ccc(Cn4cncn4)cc3)cn2)cc1. The molecule has 2 aromatic carbocycles. The zero-order chi connectivity index (χ0) is 18.3. The third kappa shape index (κ3) is 4.89. The molecule has 0 saturated heterocycles. The van der Waals surface area contributed by atoms with Gasteiger partial charge in [-0.3, -0.25) is 4.68 Å². The van der Waals surface area contributed by atoms with Gasteiger partial charge in [0.05, 0.1) is 19.3 Å². The number of nitrogens with one attached hydrogen (secondary N) is 1. The van der Waals surface area contributed by atoms with Gasteiger partial charge in [-0.25, -0.2) is 9.67 Å². The van der Waals surface area contributed by atoms with Crippen molar-refractivity contribution in [1.29, 1.82) is 0 Å². The minimum Gasteiger partial charge on any atom is -0.309 e. The second-order valence-corrected chi connectivity index (χ2v) is 6.54. The van der Waals surface area contributed by atoms with Crippen LogP contribution >= 0.6 is 0 Å². The number of hydrogen-bond acceptors (Lipinski definition) is 4. The van der Waals surface area contributed by atoms with E-state index in [4.69, 9.17) is 0 Å². The summed E-state index contributed by atoms with van der Waals surface area (Å²) in [7, 11) is 0. The fourth-order valence-electron chi connectivity index (χ4n) is 2.97. The summed E-state index contributed by atoms with van der Waals surface area (Å²) >= 11 is 0. The Kier molecular flexibility index (Phi) is 5.36. The first-order chi connectivity index (χ1) is 13.3. The number of nitrogens with zero attached hydrogens (tertiary/aromatic N) is 5. The first-order valence-corrected chi connectivity index (χ1v) is 9.01. The molecule has 4 aromatic rings. The first kappa shape index (κ1) is 17.2. The van der Waals surface area contributed by atoms with Crippen LogP contribution in [-0.2, 0) is 26.2 Å². The van der Waals surface area contributed by atoms with Gasteiger partial charge in [-0.15, -0.1) is 0 Å². The molecule has 0 radical (unpaired) electrons. The standard InChI is InChI=1S/C21H22N6/c1-2-4-19(5-3-1)13-26-15-21(12-24-26)11-22-10-18-6-8-20(9-7-18)14-27-17-23-16-25-27/h1-9,12,15-17,22H,10-11,13-14H2. The van der Waals surface area contributed by atoms with Crippen LogP contribution in [0.5, 0.6) is 0 Å². The molecule has 1 N–H and O–H groups in total. The quantitative estimate of drug-likeness (QED) is 0.526. The van der Waals surface area contributed by atoms with Gasteiger partial charge >= 0.3 is 0 Å². The Balaban J connectivity index is 1.25. The highest BCUT2D eigenvalue weighted by molar-refractivity contribution is 5.22. The van der Waals surface area contributed by atoms with Crippen molar-refractivity contribution in [3.8, 4) is 0 Å². The monoisotopic (exact) mass is 358 g/mol. The Morgan fingerprint density at radius 1 is 0.704 bits per heavy atom. The lowest BCUT2D eigenvalue weighted by atomic mass is 10.1. The third-order valence-electron chi connectivity index (χ3n) is 4.37. The number of benzene rings is 2. The molecule has 0 aliphatic rings. The van der Waals surface area contributed by atoms with Gasteiger partial charge in [0.1, 0.15) is 12.7 Å². The normalized spacial score (nSPS) is 11.0. The van der Waals surface area contributed by atoms with Crippen LogP contribution in [0.15, 0.2) is 79.6 Å². The van der Waals surface area contributed by atoms with Crippen molar-refractivity contribution in [1.82, 2.24) is 29.9 Å². The molecule has 0 bridgehead atoms. The van der Waals surface area contributed by atoms with Gasteiger partial charge in [-0.2, -0.15) is 10.2 Å². The summed E-state index contributed by atoms with van der Waals surface area (Å²) in [6.45, 7) is 3.17. The predicted molar refractivity (Wildman–Crippen MR) is 104 cm³/mol. The zero-order valence-corrected chi connectivity index (χ0v) is 15.1. The van der Waals surface area contributed by atoms with Gasteiger partial charge in [-0.05, 0) is 16.7 Å². The highest BCUT2D eigenvalue weighted by atomic mass is 15.3. The Bertz CT molecular complexity index is 942. The van der Waals surface area contributed by atoms with E-state index in [0.717, 1.165) is 26.2 Å². The first-order valence-electron chi connectivity index (χ1n) is 9.01.